The number of nitrogens with zero attached hydrogens (tertiary/aromatic N) is 4. The molecular weight excluding hydrogens is 382 g/mol. The quantitative estimate of drug-likeness (QED) is 0.699. The molecule has 2 N–H and O–H groups in total. The van der Waals surface area contributed by atoms with Crippen LogP contribution < -0.4 is 5.73 Å². The zero-order chi connectivity index (χ0) is 21.3. The molecule has 1 atom stereocenters. The monoisotopic (exact) mass is 407 g/mol. The maximum absolute atomic E-state index is 12.9. The molecule has 8 heteroatoms. The van der Waals surface area contributed by atoms with Gasteiger partial charge in [0.05, 0.1) is 29.9 Å². The minimum Gasteiger partial charge on any atom is -0.368 e. The summed E-state index contributed by atoms with van der Waals surface area (Å²) < 4.78 is 7.78. The Kier molecular flexibility index (Phi) is 5.50. The molecule has 0 saturated carbocycles. The van der Waals surface area contributed by atoms with Crippen LogP contribution in [0.2, 0.25) is 0 Å². The largest absolute Gasteiger partial charge is 0.368 e. The van der Waals surface area contributed by atoms with Crippen molar-refractivity contribution in [1.29, 1.82) is 0 Å². The van der Waals surface area contributed by atoms with Gasteiger partial charge in [0.2, 0.25) is 11.8 Å². The van der Waals surface area contributed by atoms with E-state index in [1.165, 1.54) is 0 Å². The van der Waals surface area contributed by atoms with Gasteiger partial charge in [-0.2, -0.15) is 0 Å². The number of nitrogens with two attached hydrogens (primary N) is 1. The van der Waals surface area contributed by atoms with E-state index in [0.717, 1.165) is 5.82 Å². The number of primary amides is 1. The van der Waals surface area contributed by atoms with Crippen LogP contribution in [0.25, 0.3) is 10.9 Å². The first-order valence-corrected chi connectivity index (χ1v) is 10.0. The van der Waals surface area contributed by atoms with Gasteiger partial charge in [0.25, 0.3) is 0 Å². The van der Waals surface area contributed by atoms with E-state index in [4.69, 9.17) is 10.5 Å². The Bertz CT molecular complexity index is 1090. The van der Waals surface area contributed by atoms with Crippen molar-refractivity contribution in [2.24, 2.45) is 5.73 Å². The number of pyridine rings is 1. The van der Waals surface area contributed by atoms with Gasteiger partial charge in [0.15, 0.2) is 0 Å². The Balaban J connectivity index is 1.56. The number of ether oxygens (including phenoxy) is 1. The first-order valence-electron chi connectivity index (χ1n) is 10.0. The number of fused-ring (bicyclic) bond motifs is 1. The van der Waals surface area contributed by atoms with Crippen LogP contribution in [0.1, 0.15) is 47.7 Å². The highest BCUT2D eigenvalue weighted by molar-refractivity contribution is 6.05. The lowest BCUT2D eigenvalue weighted by Gasteiger charge is -2.33. The van der Waals surface area contributed by atoms with Gasteiger partial charge in [-0.05, 0) is 12.1 Å². The third kappa shape index (κ3) is 3.91. The van der Waals surface area contributed by atoms with Crippen molar-refractivity contribution < 1.29 is 14.3 Å². The SMILES string of the molecule is CC(C)c1nccn1CC(=O)N1CCO[C@H](c2cc(C(N)=O)c3ccccc3n2)C1. The summed E-state index contributed by atoms with van der Waals surface area (Å²) in [7, 11) is 0. The van der Waals surface area contributed by atoms with Gasteiger partial charge >= 0.3 is 0 Å². The van der Waals surface area contributed by atoms with E-state index < -0.39 is 12.0 Å². The van der Waals surface area contributed by atoms with Crippen molar-refractivity contribution in [2.45, 2.75) is 32.4 Å². The second-order valence-electron chi connectivity index (χ2n) is 7.74. The van der Waals surface area contributed by atoms with E-state index >= 15 is 0 Å². The summed E-state index contributed by atoms with van der Waals surface area (Å²) in [4.78, 5) is 35.7. The predicted octanol–water partition coefficient (Wildman–Crippen LogP) is 2.25. The van der Waals surface area contributed by atoms with Crippen molar-refractivity contribution in [2.75, 3.05) is 19.7 Å². The highest BCUT2D eigenvalue weighted by Crippen LogP contribution is 2.26. The number of carbonyl (C=O) groups is 2. The molecule has 1 aromatic carbocycles. The van der Waals surface area contributed by atoms with Crippen LogP contribution >= 0.6 is 0 Å². The first kappa shape index (κ1) is 20.0. The van der Waals surface area contributed by atoms with Crippen molar-refractivity contribution in [3.05, 3.63) is 59.8 Å². The average Bonchev–Trinajstić information content (AvgIpc) is 3.21. The molecular formula is C22H25N5O3. The third-order valence-electron chi connectivity index (χ3n) is 5.32. The Morgan fingerprint density at radius 3 is 2.87 bits per heavy atom. The molecule has 2 amide bonds. The Labute approximate surface area is 174 Å². The Morgan fingerprint density at radius 2 is 2.10 bits per heavy atom. The number of para-hydroxylation sites is 1. The van der Waals surface area contributed by atoms with Crippen LogP contribution in [0.3, 0.4) is 0 Å². The Hall–Kier alpha value is -3.26. The highest BCUT2D eigenvalue weighted by atomic mass is 16.5. The Morgan fingerprint density at radius 1 is 1.30 bits per heavy atom. The minimum atomic E-state index is -0.514. The highest BCUT2D eigenvalue weighted by Gasteiger charge is 2.28. The van der Waals surface area contributed by atoms with Crippen LogP contribution in [0.4, 0.5) is 0 Å². The maximum atomic E-state index is 12.9. The van der Waals surface area contributed by atoms with Crippen LogP contribution in [-0.4, -0.2) is 50.9 Å². The van der Waals surface area contributed by atoms with Crippen LogP contribution in [0.15, 0.2) is 42.7 Å². The molecule has 30 heavy (non-hydrogen) atoms. The fourth-order valence-corrected chi connectivity index (χ4v) is 3.82. The topological polar surface area (TPSA) is 103 Å². The summed E-state index contributed by atoms with van der Waals surface area (Å²) in [6.45, 7) is 5.62. The van der Waals surface area contributed by atoms with Crippen molar-refractivity contribution >= 4 is 22.7 Å². The number of amides is 2. The zero-order valence-electron chi connectivity index (χ0n) is 17.1. The van der Waals surface area contributed by atoms with Gasteiger partial charge in [-0.1, -0.05) is 32.0 Å². The molecule has 0 spiro atoms. The number of morpholine rings is 1. The van der Waals surface area contributed by atoms with Crippen molar-refractivity contribution in [3.8, 4) is 0 Å². The average molecular weight is 407 g/mol. The molecule has 0 bridgehead atoms. The van der Waals surface area contributed by atoms with Gasteiger partial charge < -0.3 is 19.9 Å². The number of aromatic nitrogens is 3. The van der Waals surface area contributed by atoms with Crippen LogP contribution in [-0.2, 0) is 16.1 Å². The second kappa shape index (κ2) is 8.23. The van der Waals surface area contributed by atoms with E-state index in [1.54, 1.807) is 17.2 Å². The number of rotatable bonds is 5. The first-order chi connectivity index (χ1) is 14.4. The predicted molar refractivity (Wildman–Crippen MR) is 112 cm³/mol. The minimum absolute atomic E-state index is 0.000820. The smallest absolute Gasteiger partial charge is 0.249 e. The molecule has 1 saturated heterocycles. The lowest BCUT2D eigenvalue weighted by molar-refractivity contribution is -0.139. The van der Waals surface area contributed by atoms with Gasteiger partial charge in [-0.25, -0.2) is 9.97 Å². The number of carbonyl (C=O) groups excluding carboxylic acids is 2. The van der Waals surface area contributed by atoms with Crippen LogP contribution in [0, 0.1) is 0 Å². The lowest BCUT2D eigenvalue weighted by Crippen LogP contribution is -2.44. The molecule has 3 heterocycles. The molecule has 3 aromatic rings. The zero-order valence-corrected chi connectivity index (χ0v) is 17.1. The fraction of sp³-hybridized carbons (Fsp3) is 0.364. The summed E-state index contributed by atoms with van der Waals surface area (Å²) in [5.74, 6) is 0.605. The molecule has 1 aliphatic heterocycles. The summed E-state index contributed by atoms with van der Waals surface area (Å²) in [5.41, 5.74) is 7.27. The van der Waals surface area contributed by atoms with E-state index in [0.29, 0.717) is 41.9 Å². The van der Waals surface area contributed by atoms with Gasteiger partial charge in [0.1, 0.15) is 18.5 Å². The standard InChI is InChI=1S/C22H25N5O3/c1-14(2)22-24-7-8-27(22)13-20(28)26-9-10-30-19(12-26)18-11-16(21(23)29)15-5-3-4-6-17(15)25-18/h3-8,11,14,19H,9-10,12-13H2,1-2H3,(H2,23,29)/t19-/m0/s1. The molecule has 156 valence electrons. The summed E-state index contributed by atoms with van der Waals surface area (Å²) in [6.07, 6.45) is 3.13. The van der Waals surface area contributed by atoms with E-state index in [1.807, 2.05) is 35.0 Å². The van der Waals surface area contributed by atoms with Crippen molar-refractivity contribution in [3.63, 3.8) is 0 Å². The molecule has 0 unspecified atom stereocenters. The number of hydrogen-bond acceptors (Lipinski definition) is 5. The molecule has 4 rings (SSSR count). The summed E-state index contributed by atoms with van der Waals surface area (Å²) in [6, 6.07) is 9.04. The normalized spacial score (nSPS) is 16.9. The maximum Gasteiger partial charge on any atom is 0.249 e. The van der Waals surface area contributed by atoms with E-state index in [9.17, 15) is 9.59 Å². The molecule has 0 aliphatic carbocycles. The van der Waals surface area contributed by atoms with E-state index in [-0.39, 0.29) is 18.4 Å². The summed E-state index contributed by atoms with van der Waals surface area (Å²) in [5, 5.41) is 0.707. The number of benzene rings is 1. The van der Waals surface area contributed by atoms with Crippen LogP contribution in [0.5, 0.6) is 0 Å². The second-order valence-corrected chi connectivity index (χ2v) is 7.74. The van der Waals surface area contributed by atoms with Crippen molar-refractivity contribution in [1.82, 2.24) is 19.4 Å². The number of hydrogen-bond donors (Lipinski definition) is 1. The van der Waals surface area contributed by atoms with Gasteiger partial charge in [-0.3, -0.25) is 9.59 Å². The fourth-order valence-electron chi connectivity index (χ4n) is 3.82. The molecule has 1 aliphatic rings. The van der Waals surface area contributed by atoms with E-state index in [2.05, 4.69) is 23.8 Å². The van der Waals surface area contributed by atoms with Gasteiger partial charge in [-0.15, -0.1) is 0 Å². The molecule has 0 radical (unpaired) electrons. The summed E-state index contributed by atoms with van der Waals surface area (Å²) >= 11 is 0. The van der Waals surface area contributed by atoms with Gasteiger partial charge in [0, 0.05) is 30.2 Å². The molecule has 2 aromatic heterocycles. The molecule has 8 nitrogen and oxygen atoms in total. The number of imidazole rings is 1. The third-order valence-corrected chi connectivity index (χ3v) is 5.32. The lowest BCUT2D eigenvalue weighted by atomic mass is 10.0. The molecule has 1 fully saturated rings.